The van der Waals surface area contributed by atoms with Crippen molar-refractivity contribution in [3.05, 3.63) is 0 Å². The molecule has 17 nitrogen and oxygen atoms in total. The molecular formula is C61H118O17P2. The first-order chi connectivity index (χ1) is 38.4. The van der Waals surface area contributed by atoms with Crippen molar-refractivity contribution in [3.63, 3.8) is 0 Å². The maximum absolute atomic E-state index is 12.9. The fourth-order valence-corrected chi connectivity index (χ4v) is 10.6. The molecule has 474 valence electrons. The highest BCUT2D eigenvalue weighted by atomic mass is 31.2. The number of hydrogen-bond acceptors (Lipinski definition) is 15. The highest BCUT2D eigenvalue weighted by Crippen LogP contribution is 2.45. The van der Waals surface area contributed by atoms with E-state index in [1.165, 1.54) is 103 Å². The summed E-state index contributed by atoms with van der Waals surface area (Å²) < 4.78 is 67.6. The number of hydrogen-bond donors (Lipinski definition) is 3. The third-order valence-electron chi connectivity index (χ3n) is 14.0. The summed E-state index contributed by atoms with van der Waals surface area (Å²) in [5, 5.41) is 10.5. The lowest BCUT2D eigenvalue weighted by molar-refractivity contribution is -0.161. The molecule has 2 unspecified atom stereocenters. The van der Waals surface area contributed by atoms with Gasteiger partial charge < -0.3 is 33.8 Å². The van der Waals surface area contributed by atoms with E-state index >= 15 is 0 Å². The lowest BCUT2D eigenvalue weighted by atomic mass is 10.0. The van der Waals surface area contributed by atoms with Gasteiger partial charge in [-0.2, -0.15) is 0 Å². The summed E-state index contributed by atoms with van der Waals surface area (Å²) in [5.74, 6) is -0.677. The third kappa shape index (κ3) is 55.3. The number of aliphatic hydroxyl groups is 1. The van der Waals surface area contributed by atoms with Gasteiger partial charge in [-0.25, -0.2) is 9.13 Å². The molecule has 0 radical (unpaired) electrons. The molecule has 0 aliphatic carbocycles. The Kier molecular flexibility index (Phi) is 52.5. The average molecular weight is 1190 g/mol. The normalized spacial score (nSPS) is 14.4. The number of rotatable bonds is 60. The highest BCUT2D eigenvalue weighted by Gasteiger charge is 2.30. The Morgan fingerprint density at radius 3 is 0.850 bits per heavy atom. The van der Waals surface area contributed by atoms with E-state index in [0.717, 1.165) is 109 Å². The van der Waals surface area contributed by atoms with Crippen LogP contribution in [0, 0.1) is 11.8 Å². The molecule has 0 bridgehead atoms. The van der Waals surface area contributed by atoms with Crippen molar-refractivity contribution < 1.29 is 80.2 Å². The predicted octanol–water partition coefficient (Wildman–Crippen LogP) is 16.5. The first-order valence-electron chi connectivity index (χ1n) is 32.0. The molecule has 3 N–H and O–H groups in total. The van der Waals surface area contributed by atoms with Gasteiger partial charge in [0.15, 0.2) is 12.2 Å². The molecule has 80 heavy (non-hydrogen) atoms. The van der Waals surface area contributed by atoms with E-state index in [2.05, 4.69) is 41.5 Å². The van der Waals surface area contributed by atoms with Gasteiger partial charge in [-0.1, -0.05) is 247 Å². The molecule has 0 amide bonds. The Morgan fingerprint density at radius 1 is 0.338 bits per heavy atom. The average Bonchev–Trinajstić information content (AvgIpc) is 3.41. The van der Waals surface area contributed by atoms with Crippen LogP contribution in [0.15, 0.2) is 0 Å². The second kappa shape index (κ2) is 53.8. The van der Waals surface area contributed by atoms with Gasteiger partial charge in [-0.15, -0.1) is 0 Å². The molecule has 0 heterocycles. The highest BCUT2D eigenvalue weighted by molar-refractivity contribution is 7.47. The fourth-order valence-electron chi connectivity index (χ4n) is 9.00. The Hall–Kier alpha value is -1.94. The summed E-state index contributed by atoms with van der Waals surface area (Å²) in [4.78, 5) is 71.7. The van der Waals surface area contributed by atoms with Gasteiger partial charge in [0.1, 0.15) is 19.3 Å². The molecule has 0 aliphatic heterocycles. The fraction of sp³-hybridized carbons (Fsp3) is 0.934. The number of unbranched alkanes of at least 4 members (excludes halogenated alkanes) is 30. The van der Waals surface area contributed by atoms with Crippen molar-refractivity contribution in [1.82, 2.24) is 0 Å². The number of esters is 4. The number of carbonyl (C=O) groups is 4. The number of ether oxygens (including phenoxy) is 4. The summed E-state index contributed by atoms with van der Waals surface area (Å²) in [6, 6.07) is 0. The number of aliphatic hydroxyl groups excluding tert-OH is 1. The summed E-state index contributed by atoms with van der Waals surface area (Å²) in [5.41, 5.74) is 0. The van der Waals surface area contributed by atoms with Gasteiger partial charge >= 0.3 is 39.5 Å². The third-order valence-corrected chi connectivity index (χ3v) is 15.9. The van der Waals surface area contributed by atoms with Gasteiger partial charge in [-0.3, -0.25) is 37.3 Å². The first-order valence-corrected chi connectivity index (χ1v) is 35.0. The second-order valence-corrected chi connectivity index (χ2v) is 25.9. The summed E-state index contributed by atoms with van der Waals surface area (Å²) in [7, 11) is -9.87. The van der Waals surface area contributed by atoms with Crippen molar-refractivity contribution in [2.75, 3.05) is 39.6 Å². The maximum atomic E-state index is 12.9. The molecule has 0 aromatic carbocycles. The molecule has 0 spiro atoms. The zero-order valence-corrected chi connectivity index (χ0v) is 53.2. The lowest BCUT2D eigenvalue weighted by Gasteiger charge is -2.21. The zero-order valence-electron chi connectivity index (χ0n) is 51.4. The molecule has 0 aliphatic rings. The minimum atomic E-state index is -4.94. The van der Waals surface area contributed by atoms with Crippen LogP contribution in [-0.4, -0.2) is 96.7 Å². The molecule has 0 rings (SSSR count). The Balaban J connectivity index is 5.13. The van der Waals surface area contributed by atoms with Crippen molar-refractivity contribution in [2.45, 2.75) is 317 Å². The van der Waals surface area contributed by atoms with Crippen LogP contribution in [0.5, 0.6) is 0 Å². The Labute approximate surface area is 486 Å². The van der Waals surface area contributed by atoms with Gasteiger partial charge in [0.2, 0.25) is 0 Å². The van der Waals surface area contributed by atoms with E-state index in [-0.39, 0.29) is 25.7 Å². The summed E-state index contributed by atoms with van der Waals surface area (Å²) in [6.45, 7) is 9.31. The standard InChI is InChI=1S/C61H118O17P2/c1-7-9-11-13-14-21-25-33-39-45-60(65)77-56(49-71-58(63)43-37-29-12-10-8-2)51-75-79(67,68)73-47-55(62)48-74-80(69,70)76-52-57(50-72-59(64)44-38-32-28-27-31-36-42-54(5)6)78-61(66)46-40-34-26-23-20-18-16-15-17-19-22-24-30-35-41-53(3)4/h53-57,62H,7-52H2,1-6H3,(H,67,68)(H,69,70)/t55-,56+,57+/m0/s1. The monoisotopic (exact) mass is 1180 g/mol. The molecule has 5 atom stereocenters. The van der Waals surface area contributed by atoms with E-state index in [1.54, 1.807) is 0 Å². The van der Waals surface area contributed by atoms with E-state index in [1.807, 2.05) is 0 Å². The van der Waals surface area contributed by atoms with Gasteiger partial charge in [-0.05, 0) is 37.5 Å². The molecule has 19 heteroatoms. The largest absolute Gasteiger partial charge is 0.472 e. The maximum Gasteiger partial charge on any atom is 0.472 e. The summed E-state index contributed by atoms with van der Waals surface area (Å²) >= 11 is 0. The van der Waals surface area contributed by atoms with Crippen molar-refractivity contribution in [1.29, 1.82) is 0 Å². The molecule has 0 fully saturated rings. The molecule has 0 aromatic heterocycles. The van der Waals surface area contributed by atoms with Crippen LogP contribution in [0.4, 0.5) is 0 Å². The zero-order chi connectivity index (χ0) is 59.4. The number of phosphoric ester groups is 2. The topological polar surface area (TPSA) is 237 Å². The van der Waals surface area contributed by atoms with Crippen LogP contribution in [0.2, 0.25) is 0 Å². The van der Waals surface area contributed by atoms with Crippen LogP contribution in [-0.2, 0) is 65.4 Å². The first kappa shape index (κ1) is 78.1. The SMILES string of the molecule is CCCCCCCCCCCC(=O)O[C@H](COC(=O)CCCCCCC)COP(=O)(O)OC[C@H](O)COP(=O)(O)OC[C@@H](COC(=O)CCCCCCCCC(C)C)OC(=O)CCCCCCCCCCCCCCCCC(C)C. The van der Waals surface area contributed by atoms with Gasteiger partial charge in [0.05, 0.1) is 26.4 Å². The Morgan fingerprint density at radius 2 is 0.575 bits per heavy atom. The molecule has 0 saturated carbocycles. The minimum absolute atomic E-state index is 0.104. The smallest absolute Gasteiger partial charge is 0.462 e. The van der Waals surface area contributed by atoms with E-state index in [9.17, 15) is 43.2 Å². The van der Waals surface area contributed by atoms with Gasteiger partial charge in [0, 0.05) is 25.7 Å². The number of phosphoric acid groups is 2. The molecule has 0 saturated heterocycles. The molecule has 0 aromatic rings. The van der Waals surface area contributed by atoms with E-state index < -0.39 is 97.5 Å². The van der Waals surface area contributed by atoms with Crippen molar-refractivity contribution in [3.8, 4) is 0 Å². The van der Waals surface area contributed by atoms with Crippen LogP contribution < -0.4 is 0 Å². The summed E-state index contributed by atoms with van der Waals surface area (Å²) in [6.07, 6.45) is 35.4. The van der Waals surface area contributed by atoms with E-state index in [0.29, 0.717) is 31.6 Å². The van der Waals surface area contributed by atoms with E-state index in [4.69, 9.17) is 37.0 Å². The van der Waals surface area contributed by atoms with Crippen LogP contribution in [0.25, 0.3) is 0 Å². The van der Waals surface area contributed by atoms with Crippen LogP contribution in [0.3, 0.4) is 0 Å². The second-order valence-electron chi connectivity index (χ2n) is 23.0. The molecular weight excluding hydrogens is 1070 g/mol. The van der Waals surface area contributed by atoms with Crippen molar-refractivity contribution >= 4 is 39.5 Å². The Bertz CT molecular complexity index is 1580. The minimum Gasteiger partial charge on any atom is -0.462 e. The predicted molar refractivity (Wildman–Crippen MR) is 317 cm³/mol. The quantitative estimate of drug-likeness (QED) is 0.0222. The number of carbonyl (C=O) groups excluding carboxylic acids is 4. The lowest BCUT2D eigenvalue weighted by Crippen LogP contribution is -2.30. The van der Waals surface area contributed by atoms with Crippen molar-refractivity contribution in [2.24, 2.45) is 11.8 Å². The van der Waals surface area contributed by atoms with Gasteiger partial charge in [0.25, 0.3) is 0 Å². The van der Waals surface area contributed by atoms with Crippen LogP contribution in [0.1, 0.15) is 298 Å². The van der Waals surface area contributed by atoms with Crippen LogP contribution >= 0.6 is 15.6 Å².